The molecule has 0 saturated carbocycles. The molecule has 3 rings (SSSR count). The molecule has 0 saturated heterocycles. The molecule has 0 aromatic heterocycles. The van der Waals surface area contributed by atoms with E-state index in [2.05, 4.69) is 6.58 Å². The monoisotopic (exact) mass is 394 g/mol. The van der Waals surface area contributed by atoms with Crippen LogP contribution < -0.4 is 9.47 Å². The van der Waals surface area contributed by atoms with E-state index in [4.69, 9.17) is 18.9 Å². The molecular formula is C24H26O5. The molecule has 2 aromatic carbocycles. The van der Waals surface area contributed by atoms with Crippen LogP contribution in [-0.2, 0) is 27.1 Å². The van der Waals surface area contributed by atoms with Gasteiger partial charge in [-0.1, -0.05) is 30.8 Å². The third kappa shape index (κ3) is 6.14. The van der Waals surface area contributed by atoms with Gasteiger partial charge < -0.3 is 18.9 Å². The van der Waals surface area contributed by atoms with E-state index in [-0.39, 0.29) is 24.6 Å². The standard InChI is InChI=1S/C24H26O5/c1-17(14-18-4-8-20(26-2)9-5-18)28-22-12-13-23(16-22)29-24(25)15-19-6-10-21(27-3)11-7-19/h4-13,22-23H,1,14-16H2,2-3H3. The summed E-state index contributed by atoms with van der Waals surface area (Å²) in [6.07, 6.45) is 4.82. The van der Waals surface area contributed by atoms with Gasteiger partial charge in [-0.05, 0) is 47.5 Å². The van der Waals surface area contributed by atoms with E-state index in [9.17, 15) is 4.79 Å². The van der Waals surface area contributed by atoms with Crippen molar-refractivity contribution in [3.8, 4) is 11.5 Å². The summed E-state index contributed by atoms with van der Waals surface area (Å²) in [5.74, 6) is 1.99. The molecule has 2 atom stereocenters. The Labute approximate surface area is 171 Å². The van der Waals surface area contributed by atoms with Gasteiger partial charge in [-0.15, -0.1) is 0 Å². The normalized spacial score (nSPS) is 17.6. The maximum Gasteiger partial charge on any atom is 0.310 e. The number of hydrogen-bond donors (Lipinski definition) is 0. The molecule has 0 fully saturated rings. The van der Waals surface area contributed by atoms with Crippen LogP contribution in [0, 0.1) is 0 Å². The van der Waals surface area contributed by atoms with E-state index in [1.165, 1.54) is 0 Å². The molecule has 0 radical (unpaired) electrons. The van der Waals surface area contributed by atoms with Gasteiger partial charge in [0.2, 0.25) is 0 Å². The van der Waals surface area contributed by atoms with Crippen molar-refractivity contribution in [1.82, 2.24) is 0 Å². The van der Waals surface area contributed by atoms with Gasteiger partial charge in [0.05, 0.1) is 26.4 Å². The van der Waals surface area contributed by atoms with Crippen LogP contribution in [-0.4, -0.2) is 32.4 Å². The first-order valence-corrected chi connectivity index (χ1v) is 9.54. The molecule has 0 aliphatic heterocycles. The Morgan fingerprint density at radius 1 is 0.828 bits per heavy atom. The highest BCUT2D eigenvalue weighted by atomic mass is 16.5. The van der Waals surface area contributed by atoms with Crippen LogP contribution in [0.4, 0.5) is 0 Å². The van der Waals surface area contributed by atoms with Crippen LogP contribution in [0.5, 0.6) is 11.5 Å². The predicted molar refractivity (Wildman–Crippen MR) is 111 cm³/mol. The molecular weight excluding hydrogens is 368 g/mol. The minimum atomic E-state index is -0.278. The minimum absolute atomic E-state index is 0.139. The van der Waals surface area contributed by atoms with Gasteiger partial charge in [0, 0.05) is 12.8 Å². The van der Waals surface area contributed by atoms with Crippen LogP contribution in [0.15, 0.2) is 73.0 Å². The zero-order chi connectivity index (χ0) is 20.6. The zero-order valence-electron chi connectivity index (χ0n) is 16.8. The average molecular weight is 394 g/mol. The first-order chi connectivity index (χ1) is 14.1. The molecule has 1 aliphatic rings. The lowest BCUT2D eigenvalue weighted by atomic mass is 10.1. The molecule has 0 bridgehead atoms. The van der Waals surface area contributed by atoms with Crippen molar-refractivity contribution in [3.05, 3.63) is 84.1 Å². The molecule has 5 heteroatoms. The van der Waals surface area contributed by atoms with Crippen molar-refractivity contribution in [2.45, 2.75) is 31.5 Å². The van der Waals surface area contributed by atoms with Crippen LogP contribution in [0.1, 0.15) is 17.5 Å². The van der Waals surface area contributed by atoms with E-state index in [0.29, 0.717) is 18.6 Å². The second-order valence-corrected chi connectivity index (χ2v) is 6.89. The van der Waals surface area contributed by atoms with E-state index in [1.807, 2.05) is 60.7 Å². The SMILES string of the molecule is C=C(Cc1ccc(OC)cc1)OC1C=CC(OC(=O)Cc2ccc(OC)cc2)C1. The quantitative estimate of drug-likeness (QED) is 0.361. The Morgan fingerprint density at radius 2 is 1.31 bits per heavy atom. The predicted octanol–water partition coefficient (Wildman–Crippen LogP) is 4.26. The second kappa shape index (κ2) is 9.82. The van der Waals surface area contributed by atoms with Crippen LogP contribution >= 0.6 is 0 Å². The van der Waals surface area contributed by atoms with Gasteiger partial charge in [0.25, 0.3) is 0 Å². The van der Waals surface area contributed by atoms with Gasteiger partial charge >= 0.3 is 5.97 Å². The first-order valence-electron chi connectivity index (χ1n) is 9.54. The van der Waals surface area contributed by atoms with Crippen molar-refractivity contribution in [2.24, 2.45) is 0 Å². The van der Waals surface area contributed by atoms with Gasteiger partial charge in [-0.25, -0.2) is 0 Å². The number of allylic oxidation sites excluding steroid dienone is 1. The van der Waals surface area contributed by atoms with Crippen LogP contribution in [0.25, 0.3) is 0 Å². The smallest absolute Gasteiger partial charge is 0.310 e. The third-order valence-corrected chi connectivity index (χ3v) is 4.67. The fourth-order valence-corrected chi connectivity index (χ4v) is 3.16. The second-order valence-electron chi connectivity index (χ2n) is 6.89. The molecule has 1 aliphatic carbocycles. The molecule has 0 amide bonds. The Kier molecular flexibility index (Phi) is 6.95. The fraction of sp³-hybridized carbons (Fsp3) is 0.292. The largest absolute Gasteiger partial charge is 0.497 e. The van der Waals surface area contributed by atoms with E-state index in [1.54, 1.807) is 14.2 Å². The highest BCUT2D eigenvalue weighted by Crippen LogP contribution is 2.22. The van der Waals surface area contributed by atoms with Crippen LogP contribution in [0.3, 0.4) is 0 Å². The molecule has 2 aromatic rings. The molecule has 5 nitrogen and oxygen atoms in total. The number of esters is 1. The highest BCUT2D eigenvalue weighted by Gasteiger charge is 2.24. The Morgan fingerprint density at radius 3 is 1.83 bits per heavy atom. The Hall–Kier alpha value is -3.21. The van der Waals surface area contributed by atoms with Crippen molar-refractivity contribution >= 4 is 5.97 Å². The third-order valence-electron chi connectivity index (χ3n) is 4.67. The lowest BCUT2D eigenvalue weighted by Gasteiger charge is -2.17. The van der Waals surface area contributed by atoms with Gasteiger partial charge in [0.15, 0.2) is 0 Å². The number of carbonyl (C=O) groups excluding carboxylic acids is 1. The summed E-state index contributed by atoms with van der Waals surface area (Å²) in [5, 5.41) is 0. The molecule has 152 valence electrons. The number of methoxy groups -OCH3 is 2. The Bertz CT molecular complexity index is 780. The van der Waals surface area contributed by atoms with Crippen molar-refractivity contribution in [1.29, 1.82) is 0 Å². The van der Waals surface area contributed by atoms with E-state index >= 15 is 0 Å². The van der Waals surface area contributed by atoms with Gasteiger partial charge in [-0.2, -0.15) is 0 Å². The number of carbonyl (C=O) groups is 1. The summed E-state index contributed by atoms with van der Waals surface area (Å²) in [6, 6.07) is 15.2. The first kappa shape index (κ1) is 20.5. The lowest BCUT2D eigenvalue weighted by Crippen LogP contribution is -2.19. The highest BCUT2D eigenvalue weighted by molar-refractivity contribution is 5.73. The van der Waals surface area contributed by atoms with Crippen molar-refractivity contribution in [2.75, 3.05) is 14.2 Å². The number of ether oxygens (including phenoxy) is 4. The fourth-order valence-electron chi connectivity index (χ4n) is 3.16. The van der Waals surface area contributed by atoms with E-state index in [0.717, 1.165) is 22.6 Å². The van der Waals surface area contributed by atoms with E-state index < -0.39 is 0 Å². The maximum atomic E-state index is 12.2. The maximum absolute atomic E-state index is 12.2. The summed E-state index contributed by atoms with van der Waals surface area (Å²) in [4.78, 5) is 12.2. The molecule has 2 unspecified atom stereocenters. The molecule has 29 heavy (non-hydrogen) atoms. The lowest BCUT2D eigenvalue weighted by molar-refractivity contribution is -0.146. The topological polar surface area (TPSA) is 54.0 Å². The molecule has 0 heterocycles. The van der Waals surface area contributed by atoms with Gasteiger partial charge in [0.1, 0.15) is 23.7 Å². The summed E-state index contributed by atoms with van der Waals surface area (Å²) in [5.41, 5.74) is 1.98. The summed E-state index contributed by atoms with van der Waals surface area (Å²) < 4.78 is 21.7. The summed E-state index contributed by atoms with van der Waals surface area (Å²) in [6.45, 7) is 4.01. The van der Waals surface area contributed by atoms with Crippen molar-refractivity contribution < 1.29 is 23.7 Å². The van der Waals surface area contributed by atoms with Crippen molar-refractivity contribution in [3.63, 3.8) is 0 Å². The van der Waals surface area contributed by atoms with Gasteiger partial charge in [-0.3, -0.25) is 4.79 Å². The summed E-state index contributed by atoms with van der Waals surface area (Å²) >= 11 is 0. The zero-order valence-corrected chi connectivity index (χ0v) is 16.8. The summed E-state index contributed by atoms with van der Waals surface area (Å²) in [7, 11) is 3.25. The van der Waals surface area contributed by atoms with Crippen LogP contribution in [0.2, 0.25) is 0 Å². The number of benzene rings is 2. The molecule has 0 N–H and O–H groups in total. The molecule has 0 spiro atoms. The number of rotatable bonds is 9. The average Bonchev–Trinajstić information content (AvgIpc) is 3.15. The Balaban J connectivity index is 1.41. The number of hydrogen-bond acceptors (Lipinski definition) is 5. The minimum Gasteiger partial charge on any atom is -0.497 e.